The molecule has 0 bridgehead atoms. The van der Waals surface area contributed by atoms with Crippen LogP contribution in [0.4, 0.5) is 8.78 Å². The molecule has 0 aliphatic carbocycles. The van der Waals surface area contributed by atoms with Crippen LogP contribution >= 0.6 is 0 Å². The van der Waals surface area contributed by atoms with E-state index in [1.807, 2.05) is 18.7 Å². The Morgan fingerprint density at radius 2 is 1.84 bits per heavy atom. The van der Waals surface area contributed by atoms with Gasteiger partial charge in [-0.1, -0.05) is 6.07 Å². The van der Waals surface area contributed by atoms with Gasteiger partial charge >= 0.3 is 0 Å². The van der Waals surface area contributed by atoms with Gasteiger partial charge in [0.25, 0.3) is 5.91 Å². The molecule has 6 heteroatoms. The van der Waals surface area contributed by atoms with Crippen molar-refractivity contribution in [2.45, 2.75) is 45.6 Å². The number of hydrogen-bond acceptors (Lipinski definition) is 2. The molecule has 2 fully saturated rings. The maximum atomic E-state index is 13.9. The molecule has 2 saturated heterocycles. The van der Waals surface area contributed by atoms with Crippen LogP contribution in [0.3, 0.4) is 0 Å². The molecule has 0 saturated carbocycles. The number of hydrogen-bond donors (Lipinski definition) is 0. The number of carbonyl (C=O) groups is 2. The summed E-state index contributed by atoms with van der Waals surface area (Å²) in [6, 6.07) is 3.86. The molecule has 0 radical (unpaired) electrons. The first kappa shape index (κ1) is 17.8. The van der Waals surface area contributed by atoms with Gasteiger partial charge in [0, 0.05) is 32.1 Å². The lowest BCUT2D eigenvalue weighted by atomic mass is 9.72. The van der Waals surface area contributed by atoms with Crippen molar-refractivity contribution in [3.05, 3.63) is 35.4 Å². The number of amides is 2. The summed E-state index contributed by atoms with van der Waals surface area (Å²) < 4.78 is 27.2. The molecule has 2 heterocycles. The number of piperidine rings is 2. The second-order valence-electron chi connectivity index (χ2n) is 7.51. The molecule has 0 N–H and O–H groups in total. The number of halogens is 2. The van der Waals surface area contributed by atoms with Crippen LogP contribution in [0.5, 0.6) is 0 Å². The van der Waals surface area contributed by atoms with Crippen molar-refractivity contribution in [3.63, 3.8) is 0 Å². The van der Waals surface area contributed by atoms with Gasteiger partial charge in [0.1, 0.15) is 0 Å². The van der Waals surface area contributed by atoms with E-state index in [1.165, 1.54) is 12.1 Å². The van der Waals surface area contributed by atoms with Gasteiger partial charge in [-0.2, -0.15) is 0 Å². The quantitative estimate of drug-likeness (QED) is 0.822. The summed E-state index contributed by atoms with van der Waals surface area (Å²) in [6.07, 6.45) is 2.95. The Balaban J connectivity index is 1.68. The second-order valence-corrected chi connectivity index (χ2v) is 7.51. The Morgan fingerprint density at radius 1 is 1.16 bits per heavy atom. The summed E-state index contributed by atoms with van der Waals surface area (Å²) in [5.41, 5.74) is -0.173. The molecular formula is C19H24F2N2O2. The Hall–Kier alpha value is -1.98. The van der Waals surface area contributed by atoms with Crippen molar-refractivity contribution >= 4 is 11.8 Å². The summed E-state index contributed by atoms with van der Waals surface area (Å²) in [5, 5.41) is 0. The maximum Gasteiger partial charge on any atom is 0.256 e. The van der Waals surface area contributed by atoms with E-state index in [2.05, 4.69) is 0 Å². The monoisotopic (exact) mass is 350 g/mol. The predicted octanol–water partition coefficient (Wildman–Crippen LogP) is 3.22. The van der Waals surface area contributed by atoms with Gasteiger partial charge in [-0.05, 0) is 50.7 Å². The minimum absolute atomic E-state index is 0.0371. The van der Waals surface area contributed by atoms with Crippen LogP contribution in [0.15, 0.2) is 18.2 Å². The highest BCUT2D eigenvalue weighted by Gasteiger charge is 2.42. The van der Waals surface area contributed by atoms with Gasteiger partial charge in [-0.25, -0.2) is 8.78 Å². The molecule has 136 valence electrons. The topological polar surface area (TPSA) is 40.6 Å². The van der Waals surface area contributed by atoms with Gasteiger partial charge in [-0.15, -0.1) is 0 Å². The maximum absolute atomic E-state index is 13.9. The fourth-order valence-electron chi connectivity index (χ4n) is 3.95. The van der Waals surface area contributed by atoms with Gasteiger partial charge in [0.2, 0.25) is 5.91 Å². The smallest absolute Gasteiger partial charge is 0.256 e. The molecule has 2 aliphatic heterocycles. The molecule has 1 aromatic carbocycles. The van der Waals surface area contributed by atoms with Crippen LogP contribution in [0.2, 0.25) is 0 Å². The average molecular weight is 350 g/mol. The third kappa shape index (κ3) is 3.39. The van der Waals surface area contributed by atoms with Crippen molar-refractivity contribution in [1.29, 1.82) is 0 Å². The lowest BCUT2D eigenvalue weighted by molar-refractivity contribution is -0.141. The number of likely N-dealkylation sites (tertiary alicyclic amines) is 2. The minimum atomic E-state index is -1.08. The van der Waals surface area contributed by atoms with Crippen LogP contribution < -0.4 is 0 Å². The van der Waals surface area contributed by atoms with Crippen molar-refractivity contribution in [2.24, 2.45) is 5.41 Å². The van der Waals surface area contributed by atoms with Crippen LogP contribution in [0.1, 0.15) is 49.9 Å². The molecule has 2 aliphatic rings. The Bertz CT molecular complexity index is 682. The molecule has 2 amide bonds. The van der Waals surface area contributed by atoms with E-state index in [4.69, 9.17) is 0 Å². The van der Waals surface area contributed by atoms with Gasteiger partial charge in [0.15, 0.2) is 11.6 Å². The highest BCUT2D eigenvalue weighted by Crippen LogP contribution is 2.41. The van der Waals surface area contributed by atoms with Crippen LogP contribution in [-0.4, -0.2) is 47.3 Å². The van der Waals surface area contributed by atoms with Crippen molar-refractivity contribution < 1.29 is 18.4 Å². The SMILES string of the molecule is CC(C)N1CC2(CCC1=O)CCN(C(=O)c1cccc(F)c1F)CC2. The van der Waals surface area contributed by atoms with Crippen LogP contribution in [0, 0.1) is 17.0 Å². The fourth-order valence-corrected chi connectivity index (χ4v) is 3.95. The largest absolute Gasteiger partial charge is 0.340 e. The second kappa shape index (κ2) is 6.73. The van der Waals surface area contributed by atoms with E-state index in [0.29, 0.717) is 19.5 Å². The van der Waals surface area contributed by atoms with Gasteiger partial charge in [0.05, 0.1) is 5.56 Å². The molecule has 25 heavy (non-hydrogen) atoms. The van der Waals surface area contributed by atoms with Crippen molar-refractivity contribution in [1.82, 2.24) is 9.80 Å². The zero-order chi connectivity index (χ0) is 18.2. The van der Waals surface area contributed by atoms with E-state index in [-0.39, 0.29) is 22.9 Å². The van der Waals surface area contributed by atoms with Gasteiger partial charge < -0.3 is 9.80 Å². The summed E-state index contributed by atoms with van der Waals surface area (Å²) in [4.78, 5) is 28.1. The zero-order valence-electron chi connectivity index (χ0n) is 14.7. The van der Waals surface area contributed by atoms with Gasteiger partial charge in [-0.3, -0.25) is 9.59 Å². The number of carbonyl (C=O) groups excluding carboxylic acids is 2. The molecule has 1 aromatic rings. The molecule has 0 aromatic heterocycles. The first-order chi connectivity index (χ1) is 11.8. The first-order valence-corrected chi connectivity index (χ1v) is 8.86. The molecule has 1 spiro atoms. The van der Waals surface area contributed by atoms with Crippen LogP contribution in [0.25, 0.3) is 0 Å². The molecule has 0 atom stereocenters. The average Bonchev–Trinajstić information content (AvgIpc) is 2.60. The summed E-state index contributed by atoms with van der Waals surface area (Å²) in [6.45, 7) is 5.77. The standard InChI is InChI=1S/C19H24F2N2O2/c1-13(2)23-12-19(7-6-16(23)24)8-10-22(11-9-19)18(25)14-4-3-5-15(20)17(14)21/h3-5,13H,6-12H2,1-2H3. The molecule has 4 nitrogen and oxygen atoms in total. The summed E-state index contributed by atoms with van der Waals surface area (Å²) >= 11 is 0. The van der Waals surface area contributed by atoms with E-state index in [0.717, 1.165) is 31.9 Å². The number of rotatable bonds is 2. The third-order valence-electron chi connectivity index (χ3n) is 5.61. The predicted molar refractivity (Wildman–Crippen MR) is 90.0 cm³/mol. The van der Waals surface area contributed by atoms with Crippen molar-refractivity contribution in [2.75, 3.05) is 19.6 Å². The Labute approximate surface area is 146 Å². The fraction of sp³-hybridized carbons (Fsp3) is 0.579. The Kier molecular flexibility index (Phi) is 4.80. The zero-order valence-corrected chi connectivity index (χ0v) is 14.7. The first-order valence-electron chi connectivity index (χ1n) is 8.86. The number of nitrogens with zero attached hydrogens (tertiary/aromatic N) is 2. The van der Waals surface area contributed by atoms with E-state index in [9.17, 15) is 18.4 Å². The Morgan fingerprint density at radius 3 is 2.48 bits per heavy atom. The molecule has 0 unspecified atom stereocenters. The lowest BCUT2D eigenvalue weighted by Crippen LogP contribution is -2.54. The highest BCUT2D eigenvalue weighted by molar-refractivity contribution is 5.94. The molecular weight excluding hydrogens is 326 g/mol. The van der Waals surface area contributed by atoms with E-state index >= 15 is 0 Å². The molecule has 3 rings (SSSR count). The van der Waals surface area contributed by atoms with Crippen molar-refractivity contribution in [3.8, 4) is 0 Å². The summed E-state index contributed by atoms with van der Waals surface area (Å²) in [7, 11) is 0. The third-order valence-corrected chi connectivity index (χ3v) is 5.61. The highest BCUT2D eigenvalue weighted by atomic mass is 19.2. The number of benzene rings is 1. The normalized spacial score (nSPS) is 20.4. The van der Waals surface area contributed by atoms with E-state index < -0.39 is 17.5 Å². The van der Waals surface area contributed by atoms with Crippen LogP contribution in [-0.2, 0) is 4.79 Å². The van der Waals surface area contributed by atoms with E-state index in [1.54, 1.807) is 4.90 Å². The summed E-state index contributed by atoms with van der Waals surface area (Å²) in [5.74, 6) is -2.35. The lowest BCUT2D eigenvalue weighted by Gasteiger charge is -2.48. The minimum Gasteiger partial charge on any atom is -0.340 e.